The molecule has 0 saturated heterocycles. The molecule has 0 bridgehead atoms. The second kappa shape index (κ2) is 6.44. The summed E-state index contributed by atoms with van der Waals surface area (Å²) in [6, 6.07) is 0. The lowest BCUT2D eigenvalue weighted by molar-refractivity contribution is -0.0277. The third-order valence-corrected chi connectivity index (χ3v) is 4.30. The van der Waals surface area contributed by atoms with Gasteiger partial charge in [-0.05, 0) is 50.4 Å². The van der Waals surface area contributed by atoms with Crippen molar-refractivity contribution in [2.24, 2.45) is 11.8 Å². The predicted molar refractivity (Wildman–Crippen MR) is 70.4 cm³/mol. The van der Waals surface area contributed by atoms with Crippen LogP contribution in [0, 0.1) is 11.8 Å². The number of hydrogen-bond donors (Lipinski definition) is 0. The van der Waals surface area contributed by atoms with Gasteiger partial charge in [0, 0.05) is 0 Å². The fourth-order valence-corrected chi connectivity index (χ4v) is 3.27. The molecule has 3 heteroatoms. The van der Waals surface area contributed by atoms with Crippen LogP contribution in [-0.2, 0) is 9.47 Å². The van der Waals surface area contributed by atoms with Crippen LogP contribution in [0.15, 0.2) is 0 Å². The zero-order chi connectivity index (χ0) is 13.0. The van der Waals surface area contributed by atoms with Crippen molar-refractivity contribution in [2.75, 3.05) is 0 Å². The summed E-state index contributed by atoms with van der Waals surface area (Å²) in [6.07, 6.45) is 8.58. The van der Waals surface area contributed by atoms with Gasteiger partial charge in [0.25, 0.3) is 0 Å². The van der Waals surface area contributed by atoms with Crippen LogP contribution in [0.1, 0.15) is 65.2 Å². The van der Waals surface area contributed by atoms with E-state index in [1.807, 2.05) is 0 Å². The maximum absolute atomic E-state index is 11.7. The number of ether oxygens (including phenoxy) is 2. The van der Waals surface area contributed by atoms with Crippen molar-refractivity contribution in [2.45, 2.75) is 77.4 Å². The molecule has 0 amide bonds. The largest absolute Gasteiger partial charge is 0.508 e. The minimum absolute atomic E-state index is 0.0854. The minimum Gasteiger partial charge on any atom is -0.431 e. The van der Waals surface area contributed by atoms with E-state index in [9.17, 15) is 4.79 Å². The summed E-state index contributed by atoms with van der Waals surface area (Å²) in [5.41, 5.74) is 0. The summed E-state index contributed by atoms with van der Waals surface area (Å²) in [4.78, 5) is 11.7. The molecule has 2 fully saturated rings. The fraction of sp³-hybridized carbons (Fsp3) is 0.933. The number of carbonyl (C=O) groups excluding carboxylic acids is 1. The average molecular weight is 254 g/mol. The third-order valence-electron chi connectivity index (χ3n) is 4.30. The van der Waals surface area contributed by atoms with Crippen molar-refractivity contribution in [1.82, 2.24) is 0 Å². The Labute approximate surface area is 110 Å². The standard InChI is InChI=1S/C15H26O3/c1-11-5-3-7-13(9-11)17-15(16)18-14-8-4-6-12(2)10-14/h11-14H,3-10H2,1-2H3/t11-,12-,13-,14-/m0/s1. The highest BCUT2D eigenvalue weighted by atomic mass is 16.7. The number of carbonyl (C=O) groups is 1. The summed E-state index contributed by atoms with van der Waals surface area (Å²) in [7, 11) is 0. The Morgan fingerprint density at radius 3 is 1.67 bits per heavy atom. The summed E-state index contributed by atoms with van der Waals surface area (Å²) in [5.74, 6) is 1.34. The van der Waals surface area contributed by atoms with Gasteiger partial charge in [-0.15, -0.1) is 0 Å². The molecule has 0 radical (unpaired) electrons. The van der Waals surface area contributed by atoms with Crippen LogP contribution in [-0.4, -0.2) is 18.4 Å². The Morgan fingerprint density at radius 2 is 1.28 bits per heavy atom. The molecule has 3 nitrogen and oxygen atoms in total. The van der Waals surface area contributed by atoms with E-state index < -0.39 is 6.16 Å². The summed E-state index contributed by atoms with van der Waals surface area (Å²) in [6.45, 7) is 4.45. The van der Waals surface area contributed by atoms with E-state index >= 15 is 0 Å². The predicted octanol–water partition coefficient (Wildman–Crippen LogP) is 4.30. The van der Waals surface area contributed by atoms with E-state index in [0.717, 1.165) is 25.7 Å². The molecular weight excluding hydrogens is 228 g/mol. The molecule has 0 aromatic heterocycles. The molecule has 18 heavy (non-hydrogen) atoms. The molecule has 0 aromatic rings. The summed E-state index contributed by atoms with van der Waals surface area (Å²) < 4.78 is 10.9. The van der Waals surface area contributed by atoms with Crippen LogP contribution in [0.3, 0.4) is 0 Å². The highest BCUT2D eigenvalue weighted by Gasteiger charge is 2.26. The molecule has 104 valence electrons. The van der Waals surface area contributed by atoms with Crippen LogP contribution in [0.4, 0.5) is 4.79 Å². The van der Waals surface area contributed by atoms with E-state index in [0.29, 0.717) is 11.8 Å². The first-order valence-corrected chi connectivity index (χ1v) is 7.50. The number of hydrogen-bond acceptors (Lipinski definition) is 3. The SMILES string of the molecule is C[C@H]1CCC[C@H](OC(=O)O[C@H]2CCC[C@H](C)C2)C1. The molecule has 2 aliphatic carbocycles. The normalized spacial score (nSPS) is 37.0. The lowest BCUT2D eigenvalue weighted by Crippen LogP contribution is -2.29. The van der Waals surface area contributed by atoms with Gasteiger partial charge < -0.3 is 9.47 Å². The van der Waals surface area contributed by atoms with Gasteiger partial charge in [0.05, 0.1) is 0 Å². The Hall–Kier alpha value is -0.730. The minimum atomic E-state index is -0.437. The van der Waals surface area contributed by atoms with Crippen molar-refractivity contribution < 1.29 is 14.3 Å². The van der Waals surface area contributed by atoms with E-state index in [1.54, 1.807) is 0 Å². The molecule has 2 rings (SSSR count). The highest BCUT2D eigenvalue weighted by molar-refractivity contribution is 5.60. The van der Waals surface area contributed by atoms with E-state index in [4.69, 9.17) is 9.47 Å². The van der Waals surface area contributed by atoms with Crippen LogP contribution in [0.25, 0.3) is 0 Å². The third kappa shape index (κ3) is 4.18. The Bertz CT molecular complexity index is 251. The second-order valence-corrected chi connectivity index (χ2v) is 6.27. The molecule has 0 aliphatic heterocycles. The smallest absolute Gasteiger partial charge is 0.431 e. The van der Waals surface area contributed by atoms with Crippen LogP contribution in [0.2, 0.25) is 0 Å². The maximum Gasteiger partial charge on any atom is 0.508 e. The molecule has 0 heterocycles. The zero-order valence-electron chi connectivity index (χ0n) is 11.7. The van der Waals surface area contributed by atoms with Crippen molar-refractivity contribution >= 4 is 6.16 Å². The van der Waals surface area contributed by atoms with Crippen LogP contribution < -0.4 is 0 Å². The van der Waals surface area contributed by atoms with Gasteiger partial charge in [0.2, 0.25) is 0 Å². The lowest BCUT2D eigenvalue weighted by atomic mass is 9.88. The first-order chi connectivity index (χ1) is 8.63. The monoisotopic (exact) mass is 254 g/mol. The number of rotatable bonds is 2. The van der Waals surface area contributed by atoms with Gasteiger partial charge in [0.15, 0.2) is 0 Å². The van der Waals surface area contributed by atoms with Crippen molar-refractivity contribution in [3.63, 3.8) is 0 Å². The second-order valence-electron chi connectivity index (χ2n) is 6.27. The van der Waals surface area contributed by atoms with Crippen molar-refractivity contribution in [1.29, 1.82) is 0 Å². The molecule has 4 atom stereocenters. The van der Waals surface area contributed by atoms with Crippen molar-refractivity contribution in [3.05, 3.63) is 0 Å². The Morgan fingerprint density at radius 1 is 0.833 bits per heavy atom. The van der Waals surface area contributed by atoms with Gasteiger partial charge in [-0.25, -0.2) is 4.79 Å². The molecule has 2 saturated carbocycles. The molecule has 2 aliphatic rings. The molecular formula is C15H26O3. The molecule has 0 spiro atoms. The van der Waals surface area contributed by atoms with Crippen LogP contribution in [0.5, 0.6) is 0 Å². The summed E-state index contributed by atoms with van der Waals surface area (Å²) in [5, 5.41) is 0. The fourth-order valence-electron chi connectivity index (χ4n) is 3.27. The van der Waals surface area contributed by atoms with E-state index in [1.165, 1.54) is 25.7 Å². The van der Waals surface area contributed by atoms with E-state index in [-0.39, 0.29) is 12.2 Å². The summed E-state index contributed by atoms with van der Waals surface area (Å²) >= 11 is 0. The van der Waals surface area contributed by atoms with E-state index in [2.05, 4.69) is 13.8 Å². The zero-order valence-corrected chi connectivity index (χ0v) is 11.7. The van der Waals surface area contributed by atoms with Gasteiger partial charge in [-0.1, -0.05) is 26.7 Å². The Kier molecular flexibility index (Phi) is 4.90. The van der Waals surface area contributed by atoms with Crippen LogP contribution >= 0.6 is 0 Å². The molecule has 0 N–H and O–H groups in total. The van der Waals surface area contributed by atoms with Gasteiger partial charge in [-0.3, -0.25) is 0 Å². The van der Waals surface area contributed by atoms with Gasteiger partial charge in [0.1, 0.15) is 12.2 Å². The van der Waals surface area contributed by atoms with Gasteiger partial charge in [-0.2, -0.15) is 0 Å². The highest BCUT2D eigenvalue weighted by Crippen LogP contribution is 2.28. The molecule has 0 unspecified atom stereocenters. The van der Waals surface area contributed by atoms with Crippen molar-refractivity contribution in [3.8, 4) is 0 Å². The van der Waals surface area contributed by atoms with Gasteiger partial charge >= 0.3 is 6.16 Å². The maximum atomic E-state index is 11.7. The Balaban J connectivity index is 1.71. The lowest BCUT2D eigenvalue weighted by Gasteiger charge is -2.29. The average Bonchev–Trinajstić information content (AvgIpc) is 2.28. The first-order valence-electron chi connectivity index (χ1n) is 7.50. The topological polar surface area (TPSA) is 35.5 Å². The first kappa shape index (κ1) is 13.7. The molecule has 0 aromatic carbocycles. The quantitative estimate of drug-likeness (QED) is 0.689.